The van der Waals surface area contributed by atoms with E-state index >= 15 is 0 Å². The van der Waals surface area contributed by atoms with Crippen molar-refractivity contribution in [1.29, 1.82) is 0 Å². The molecule has 1 unspecified atom stereocenters. The van der Waals surface area contributed by atoms with Crippen molar-refractivity contribution in [2.75, 3.05) is 0 Å². The van der Waals surface area contributed by atoms with Crippen LogP contribution in [0.5, 0.6) is 0 Å². The van der Waals surface area contributed by atoms with Crippen molar-refractivity contribution in [3.8, 4) is 11.4 Å². The van der Waals surface area contributed by atoms with Crippen molar-refractivity contribution in [2.24, 2.45) is 5.73 Å². The van der Waals surface area contributed by atoms with E-state index in [-0.39, 0.29) is 18.4 Å². The molecule has 2 N–H and O–H groups in total. The van der Waals surface area contributed by atoms with Gasteiger partial charge in [0, 0.05) is 40.9 Å². The van der Waals surface area contributed by atoms with Gasteiger partial charge in [0.2, 0.25) is 0 Å². The summed E-state index contributed by atoms with van der Waals surface area (Å²) < 4.78 is 3.37. The van der Waals surface area contributed by atoms with Crippen LogP contribution in [0.15, 0.2) is 34.9 Å². The Bertz CT molecular complexity index is 553. The third kappa shape index (κ3) is 2.46. The fraction of sp³-hybridized carbons (Fsp3) is 0.308. The van der Waals surface area contributed by atoms with Gasteiger partial charge in [-0.1, -0.05) is 28.1 Å². The van der Waals surface area contributed by atoms with Crippen LogP contribution < -0.4 is 5.73 Å². The first-order chi connectivity index (χ1) is 8.24. The molecule has 0 saturated carbocycles. The summed E-state index contributed by atoms with van der Waals surface area (Å²) in [4.78, 5) is 4.53. The molecule has 1 aromatic heterocycles. The average molecular weight is 329 g/mol. The van der Waals surface area contributed by atoms with Gasteiger partial charge in [0.1, 0.15) is 5.82 Å². The van der Waals surface area contributed by atoms with Gasteiger partial charge in [-0.2, -0.15) is 0 Å². The number of nitrogens with zero attached hydrogens (tertiary/aromatic N) is 2. The molecule has 0 fully saturated rings. The molecule has 1 aromatic carbocycles. The number of hydrogen-bond donors (Lipinski definition) is 1. The van der Waals surface area contributed by atoms with Crippen molar-refractivity contribution in [1.82, 2.24) is 9.55 Å². The third-order valence-corrected chi connectivity index (χ3v) is 3.71. The Balaban J connectivity index is 0.00000120. The fourth-order valence-electron chi connectivity index (χ4n) is 2.35. The Morgan fingerprint density at radius 3 is 3.00 bits per heavy atom. The molecule has 1 aliphatic heterocycles. The van der Waals surface area contributed by atoms with E-state index in [9.17, 15) is 0 Å². The van der Waals surface area contributed by atoms with E-state index in [2.05, 4.69) is 37.6 Å². The van der Waals surface area contributed by atoms with Gasteiger partial charge in [-0.3, -0.25) is 0 Å². The van der Waals surface area contributed by atoms with E-state index in [0.29, 0.717) is 0 Å². The second-order valence-corrected chi connectivity index (χ2v) is 5.40. The summed E-state index contributed by atoms with van der Waals surface area (Å²) in [5, 5.41) is 0. The number of nitrogens with two attached hydrogens (primary N) is 1. The van der Waals surface area contributed by atoms with Crippen LogP contribution in [0.3, 0.4) is 0 Å². The summed E-state index contributed by atoms with van der Waals surface area (Å²) in [5.74, 6) is 1.05. The van der Waals surface area contributed by atoms with Crippen LogP contribution in [0.25, 0.3) is 11.4 Å². The van der Waals surface area contributed by atoms with Crippen molar-refractivity contribution in [2.45, 2.75) is 25.4 Å². The fourth-order valence-corrected chi connectivity index (χ4v) is 2.75. The van der Waals surface area contributed by atoms with Crippen molar-refractivity contribution >= 4 is 28.3 Å². The zero-order chi connectivity index (χ0) is 11.8. The summed E-state index contributed by atoms with van der Waals surface area (Å²) in [6.07, 6.45) is 3.92. The van der Waals surface area contributed by atoms with Crippen molar-refractivity contribution in [3.05, 3.63) is 40.6 Å². The Morgan fingerprint density at radius 1 is 1.39 bits per heavy atom. The Hall–Kier alpha value is -0.840. The lowest BCUT2D eigenvalue weighted by Gasteiger charge is -2.21. The molecule has 0 spiro atoms. The average Bonchev–Trinajstić information content (AvgIpc) is 2.71. The summed E-state index contributed by atoms with van der Waals surface area (Å²) in [6.45, 7) is 0.971. The Labute approximate surface area is 121 Å². The minimum atomic E-state index is 0. The number of halogens is 2. The first-order valence-electron chi connectivity index (χ1n) is 5.80. The molecule has 1 atom stereocenters. The summed E-state index contributed by atoms with van der Waals surface area (Å²) in [7, 11) is 0. The molecule has 3 nitrogen and oxygen atoms in total. The van der Waals surface area contributed by atoms with Gasteiger partial charge in [-0.05, 0) is 18.6 Å². The zero-order valence-corrected chi connectivity index (χ0v) is 12.2. The molecule has 2 aromatic rings. The molecule has 0 saturated heterocycles. The molecule has 0 bridgehead atoms. The Kier molecular flexibility index (Phi) is 4.10. The van der Waals surface area contributed by atoms with E-state index in [1.165, 1.54) is 5.69 Å². The summed E-state index contributed by atoms with van der Waals surface area (Å²) in [5.41, 5.74) is 8.38. The first-order valence-corrected chi connectivity index (χ1v) is 6.59. The number of rotatable bonds is 1. The number of benzene rings is 1. The molecule has 0 radical (unpaired) electrons. The number of hydrogen-bond acceptors (Lipinski definition) is 2. The van der Waals surface area contributed by atoms with E-state index < -0.39 is 0 Å². The molecule has 3 rings (SSSR count). The van der Waals surface area contributed by atoms with Gasteiger partial charge in [0.15, 0.2) is 0 Å². The highest BCUT2D eigenvalue weighted by Gasteiger charge is 2.19. The monoisotopic (exact) mass is 327 g/mol. The predicted octanol–water partition coefficient (Wildman–Crippen LogP) is 3.01. The SMILES string of the molecule is Cl.NC1CCn2c(cnc2-c2cccc(Br)c2)C1. The lowest BCUT2D eigenvalue weighted by atomic mass is 10.1. The molecule has 5 heteroatoms. The predicted molar refractivity (Wildman–Crippen MR) is 78.9 cm³/mol. The van der Waals surface area contributed by atoms with Crippen molar-refractivity contribution < 1.29 is 0 Å². The normalized spacial score (nSPS) is 18.0. The minimum Gasteiger partial charge on any atom is -0.328 e. The van der Waals surface area contributed by atoms with Crippen LogP contribution in [0.1, 0.15) is 12.1 Å². The molecular weight excluding hydrogens is 314 g/mol. The lowest BCUT2D eigenvalue weighted by Crippen LogP contribution is -2.30. The van der Waals surface area contributed by atoms with Crippen LogP contribution in [0.2, 0.25) is 0 Å². The minimum absolute atomic E-state index is 0. The van der Waals surface area contributed by atoms with Gasteiger partial charge in [0.25, 0.3) is 0 Å². The molecular formula is C13H15BrClN3. The number of imidazole rings is 1. The van der Waals surface area contributed by atoms with Crippen LogP contribution in [-0.4, -0.2) is 15.6 Å². The van der Waals surface area contributed by atoms with Crippen LogP contribution in [0, 0.1) is 0 Å². The van der Waals surface area contributed by atoms with Gasteiger partial charge in [-0.25, -0.2) is 4.98 Å². The maximum atomic E-state index is 5.97. The molecule has 0 aliphatic carbocycles. The number of aromatic nitrogens is 2. The maximum Gasteiger partial charge on any atom is 0.140 e. The quantitative estimate of drug-likeness (QED) is 0.874. The van der Waals surface area contributed by atoms with E-state index in [0.717, 1.165) is 35.2 Å². The standard InChI is InChI=1S/C13H14BrN3.ClH/c14-10-3-1-2-9(6-10)13-16-8-12-7-11(15)4-5-17(12)13;/h1-3,6,8,11H,4-5,7,15H2;1H. The third-order valence-electron chi connectivity index (χ3n) is 3.22. The van der Waals surface area contributed by atoms with Crippen molar-refractivity contribution in [3.63, 3.8) is 0 Å². The number of fused-ring (bicyclic) bond motifs is 1. The maximum absolute atomic E-state index is 5.97. The topological polar surface area (TPSA) is 43.8 Å². The summed E-state index contributed by atoms with van der Waals surface area (Å²) in [6, 6.07) is 8.54. The first kappa shape index (κ1) is 13.6. The van der Waals surface area contributed by atoms with E-state index in [1.54, 1.807) is 0 Å². The van der Waals surface area contributed by atoms with E-state index in [1.807, 2.05) is 18.3 Å². The molecule has 0 amide bonds. The smallest absolute Gasteiger partial charge is 0.140 e. The van der Waals surface area contributed by atoms with E-state index in [4.69, 9.17) is 5.73 Å². The second-order valence-electron chi connectivity index (χ2n) is 4.49. The van der Waals surface area contributed by atoms with Crippen LogP contribution in [-0.2, 0) is 13.0 Å². The molecule has 1 aliphatic rings. The highest BCUT2D eigenvalue weighted by atomic mass is 79.9. The molecule has 18 heavy (non-hydrogen) atoms. The zero-order valence-electron chi connectivity index (χ0n) is 9.84. The highest BCUT2D eigenvalue weighted by molar-refractivity contribution is 9.10. The van der Waals surface area contributed by atoms with Gasteiger partial charge < -0.3 is 10.3 Å². The lowest BCUT2D eigenvalue weighted by molar-refractivity contribution is 0.474. The largest absolute Gasteiger partial charge is 0.328 e. The highest BCUT2D eigenvalue weighted by Crippen LogP contribution is 2.26. The second kappa shape index (κ2) is 5.43. The van der Waals surface area contributed by atoms with Crippen LogP contribution >= 0.6 is 28.3 Å². The van der Waals surface area contributed by atoms with Crippen LogP contribution in [0.4, 0.5) is 0 Å². The van der Waals surface area contributed by atoms with Gasteiger partial charge >= 0.3 is 0 Å². The Morgan fingerprint density at radius 2 is 2.22 bits per heavy atom. The molecule has 96 valence electrons. The van der Waals surface area contributed by atoms with Gasteiger partial charge in [0.05, 0.1) is 0 Å². The summed E-state index contributed by atoms with van der Waals surface area (Å²) >= 11 is 3.50. The van der Waals surface area contributed by atoms with Gasteiger partial charge in [-0.15, -0.1) is 12.4 Å². The molecule has 2 heterocycles.